The average Bonchev–Trinajstić information content (AvgIpc) is 2.87. The van der Waals surface area contributed by atoms with Gasteiger partial charge in [-0.15, -0.1) is 0 Å². The molecule has 2 aromatic rings. The average molecular weight is 258 g/mol. The maximum atomic E-state index is 12.4. The summed E-state index contributed by atoms with van der Waals surface area (Å²) in [6.07, 6.45) is 0. The van der Waals surface area contributed by atoms with Crippen molar-refractivity contribution in [2.24, 2.45) is 5.73 Å². The van der Waals surface area contributed by atoms with Crippen molar-refractivity contribution >= 4 is 11.6 Å². The van der Waals surface area contributed by atoms with Crippen LogP contribution in [0.25, 0.3) is 0 Å². The molecule has 0 unspecified atom stereocenters. The molecule has 1 aromatic heterocycles. The summed E-state index contributed by atoms with van der Waals surface area (Å²) in [6, 6.07) is 11.2. The zero-order valence-electron chi connectivity index (χ0n) is 11.2. The Kier molecular flexibility index (Phi) is 4.02. The van der Waals surface area contributed by atoms with E-state index in [1.165, 1.54) is 0 Å². The molecule has 0 aliphatic heterocycles. The van der Waals surface area contributed by atoms with Gasteiger partial charge in [0.2, 0.25) is 0 Å². The number of carbonyl (C=O) groups is 1. The molecular weight excluding hydrogens is 240 g/mol. The van der Waals surface area contributed by atoms with Crippen molar-refractivity contribution in [2.45, 2.75) is 20.4 Å². The Hall–Kier alpha value is -2.07. The quantitative estimate of drug-likeness (QED) is 0.917. The van der Waals surface area contributed by atoms with Gasteiger partial charge in [0, 0.05) is 18.8 Å². The van der Waals surface area contributed by atoms with Gasteiger partial charge in [0.15, 0.2) is 5.76 Å². The summed E-state index contributed by atoms with van der Waals surface area (Å²) in [7, 11) is 0. The maximum absolute atomic E-state index is 12.4. The van der Waals surface area contributed by atoms with Gasteiger partial charge in [-0.1, -0.05) is 12.1 Å². The standard InChI is InChI=1S/C15H18N2O2/c1-3-17(13-7-5-12(10-16)6-8-13)15(18)14-9-4-11(2)19-14/h4-9H,3,10,16H2,1-2H3. The summed E-state index contributed by atoms with van der Waals surface area (Å²) in [5, 5.41) is 0. The number of hydrogen-bond donors (Lipinski definition) is 1. The van der Waals surface area contributed by atoms with Gasteiger partial charge in [-0.2, -0.15) is 0 Å². The molecule has 100 valence electrons. The minimum atomic E-state index is -0.129. The first-order chi connectivity index (χ1) is 9.15. The van der Waals surface area contributed by atoms with E-state index in [1.807, 2.05) is 38.1 Å². The molecule has 4 nitrogen and oxygen atoms in total. The monoisotopic (exact) mass is 258 g/mol. The van der Waals surface area contributed by atoms with Crippen LogP contribution in [-0.2, 0) is 6.54 Å². The van der Waals surface area contributed by atoms with Crippen molar-refractivity contribution in [3.8, 4) is 0 Å². The molecule has 0 fully saturated rings. The van der Waals surface area contributed by atoms with Crippen molar-refractivity contribution < 1.29 is 9.21 Å². The number of amides is 1. The minimum absolute atomic E-state index is 0.129. The molecule has 0 spiro atoms. The van der Waals surface area contributed by atoms with E-state index < -0.39 is 0 Å². The Labute approximate surface area is 112 Å². The smallest absolute Gasteiger partial charge is 0.293 e. The van der Waals surface area contributed by atoms with E-state index in [0.717, 1.165) is 17.0 Å². The molecular formula is C15H18N2O2. The maximum Gasteiger partial charge on any atom is 0.293 e. The minimum Gasteiger partial charge on any atom is -0.456 e. The number of rotatable bonds is 4. The van der Waals surface area contributed by atoms with Crippen molar-refractivity contribution in [3.05, 3.63) is 53.5 Å². The Morgan fingerprint density at radius 3 is 2.37 bits per heavy atom. The van der Waals surface area contributed by atoms with Crippen LogP contribution in [-0.4, -0.2) is 12.5 Å². The Morgan fingerprint density at radius 1 is 1.21 bits per heavy atom. The van der Waals surface area contributed by atoms with E-state index in [0.29, 0.717) is 18.8 Å². The lowest BCUT2D eigenvalue weighted by Gasteiger charge is -2.20. The molecule has 1 amide bonds. The van der Waals surface area contributed by atoms with E-state index >= 15 is 0 Å². The molecule has 0 saturated carbocycles. The normalized spacial score (nSPS) is 10.5. The molecule has 1 aromatic carbocycles. The lowest BCUT2D eigenvalue weighted by atomic mass is 10.2. The van der Waals surface area contributed by atoms with Gasteiger partial charge < -0.3 is 15.1 Å². The molecule has 4 heteroatoms. The highest BCUT2D eigenvalue weighted by Gasteiger charge is 2.18. The van der Waals surface area contributed by atoms with Crippen molar-refractivity contribution in [3.63, 3.8) is 0 Å². The first-order valence-electron chi connectivity index (χ1n) is 6.33. The molecule has 2 rings (SSSR count). The van der Waals surface area contributed by atoms with Gasteiger partial charge in [-0.05, 0) is 43.7 Å². The van der Waals surface area contributed by atoms with Gasteiger partial charge in [-0.25, -0.2) is 0 Å². The summed E-state index contributed by atoms with van der Waals surface area (Å²) < 4.78 is 5.38. The van der Waals surface area contributed by atoms with E-state index in [1.54, 1.807) is 17.0 Å². The van der Waals surface area contributed by atoms with Crippen LogP contribution >= 0.6 is 0 Å². The third-order valence-corrected chi connectivity index (χ3v) is 3.00. The third-order valence-electron chi connectivity index (χ3n) is 3.00. The van der Waals surface area contributed by atoms with E-state index in [-0.39, 0.29) is 5.91 Å². The summed E-state index contributed by atoms with van der Waals surface area (Å²) in [6.45, 7) is 4.84. The summed E-state index contributed by atoms with van der Waals surface area (Å²) in [5.74, 6) is 0.969. The van der Waals surface area contributed by atoms with Crippen molar-refractivity contribution in [1.29, 1.82) is 0 Å². The number of carbonyl (C=O) groups excluding carboxylic acids is 1. The lowest BCUT2D eigenvalue weighted by Crippen LogP contribution is -2.30. The molecule has 0 radical (unpaired) electrons. The van der Waals surface area contributed by atoms with Gasteiger partial charge in [0.05, 0.1) is 0 Å². The second-order valence-corrected chi connectivity index (χ2v) is 4.33. The topological polar surface area (TPSA) is 59.5 Å². The highest BCUT2D eigenvalue weighted by molar-refractivity contribution is 6.04. The van der Waals surface area contributed by atoms with Gasteiger partial charge in [0.1, 0.15) is 5.76 Å². The van der Waals surface area contributed by atoms with E-state index in [9.17, 15) is 4.79 Å². The van der Waals surface area contributed by atoms with Crippen LogP contribution in [0.4, 0.5) is 5.69 Å². The van der Waals surface area contributed by atoms with Crippen molar-refractivity contribution in [1.82, 2.24) is 0 Å². The molecule has 2 N–H and O–H groups in total. The number of furan rings is 1. The molecule has 1 heterocycles. The van der Waals surface area contributed by atoms with Crippen LogP contribution < -0.4 is 10.6 Å². The molecule has 0 saturated heterocycles. The zero-order chi connectivity index (χ0) is 13.8. The third kappa shape index (κ3) is 2.85. The summed E-state index contributed by atoms with van der Waals surface area (Å²) in [5.41, 5.74) is 7.46. The van der Waals surface area contributed by atoms with Crippen LogP contribution in [0.1, 0.15) is 28.8 Å². The number of hydrogen-bond acceptors (Lipinski definition) is 3. The molecule has 0 atom stereocenters. The highest BCUT2D eigenvalue weighted by atomic mass is 16.3. The molecule has 0 aliphatic carbocycles. The lowest BCUT2D eigenvalue weighted by molar-refractivity contribution is 0.0960. The zero-order valence-corrected chi connectivity index (χ0v) is 11.2. The number of benzene rings is 1. The number of anilines is 1. The van der Waals surface area contributed by atoms with Crippen LogP contribution in [0, 0.1) is 6.92 Å². The van der Waals surface area contributed by atoms with Crippen molar-refractivity contribution in [2.75, 3.05) is 11.4 Å². The first kappa shape index (κ1) is 13.4. The van der Waals surface area contributed by atoms with E-state index in [4.69, 9.17) is 10.2 Å². The highest BCUT2D eigenvalue weighted by Crippen LogP contribution is 2.19. The predicted molar refractivity (Wildman–Crippen MR) is 75.1 cm³/mol. The van der Waals surface area contributed by atoms with E-state index in [2.05, 4.69) is 0 Å². The number of nitrogens with two attached hydrogens (primary N) is 1. The fraction of sp³-hybridized carbons (Fsp3) is 0.267. The van der Waals surface area contributed by atoms with Crippen LogP contribution in [0.3, 0.4) is 0 Å². The Balaban J connectivity index is 2.25. The van der Waals surface area contributed by atoms with Gasteiger partial charge >= 0.3 is 0 Å². The first-order valence-corrected chi connectivity index (χ1v) is 6.33. The SMILES string of the molecule is CCN(C(=O)c1ccc(C)o1)c1ccc(CN)cc1. The molecule has 0 bridgehead atoms. The largest absolute Gasteiger partial charge is 0.456 e. The Morgan fingerprint density at radius 2 is 1.89 bits per heavy atom. The van der Waals surface area contributed by atoms with Crippen LogP contribution in [0.2, 0.25) is 0 Å². The predicted octanol–water partition coefficient (Wildman–Crippen LogP) is 2.71. The fourth-order valence-corrected chi connectivity index (χ4v) is 1.94. The number of aryl methyl sites for hydroxylation is 1. The Bertz CT molecular complexity index is 558. The second kappa shape index (κ2) is 5.71. The van der Waals surface area contributed by atoms with Gasteiger partial charge in [-0.3, -0.25) is 4.79 Å². The van der Waals surface area contributed by atoms with Gasteiger partial charge in [0.25, 0.3) is 5.91 Å². The number of nitrogens with zero attached hydrogens (tertiary/aromatic N) is 1. The molecule has 0 aliphatic rings. The summed E-state index contributed by atoms with van der Waals surface area (Å²) in [4.78, 5) is 14.0. The van der Waals surface area contributed by atoms with Crippen LogP contribution in [0.15, 0.2) is 40.8 Å². The second-order valence-electron chi connectivity index (χ2n) is 4.33. The summed E-state index contributed by atoms with van der Waals surface area (Å²) >= 11 is 0. The van der Waals surface area contributed by atoms with Crippen LogP contribution in [0.5, 0.6) is 0 Å². The molecule has 19 heavy (non-hydrogen) atoms. The fourth-order valence-electron chi connectivity index (χ4n) is 1.94.